The number of carbonyl (C=O) groups is 1. The fourth-order valence-electron chi connectivity index (χ4n) is 5.93. The Morgan fingerprint density at radius 1 is 1.09 bits per heavy atom. The normalized spacial score (nSPS) is 23.5. The van der Waals surface area contributed by atoms with Gasteiger partial charge in [0.1, 0.15) is 23.5 Å². The summed E-state index contributed by atoms with van der Waals surface area (Å²) >= 11 is 0. The molecule has 2 atom stereocenters. The first-order chi connectivity index (χ1) is 16.6. The summed E-state index contributed by atoms with van der Waals surface area (Å²) < 4.78 is 42.6. The fraction of sp³-hybridized carbons (Fsp3) is 0.400. The van der Waals surface area contributed by atoms with Gasteiger partial charge in [-0.3, -0.25) is 14.5 Å². The number of hydrogen-bond donors (Lipinski definition) is 2. The van der Waals surface area contributed by atoms with Gasteiger partial charge in [-0.05, 0) is 63.9 Å². The monoisotopic (exact) mass is 486 g/mol. The number of hydrogen-bond acceptors (Lipinski definition) is 4. The van der Waals surface area contributed by atoms with Crippen molar-refractivity contribution in [3.63, 3.8) is 0 Å². The van der Waals surface area contributed by atoms with E-state index in [2.05, 4.69) is 10.3 Å². The Morgan fingerprint density at radius 3 is 2.37 bits per heavy atom. The largest absolute Gasteiger partial charge is 0.348 e. The van der Waals surface area contributed by atoms with Crippen LogP contribution in [-0.2, 0) is 4.79 Å². The van der Waals surface area contributed by atoms with Crippen LogP contribution in [0.5, 0.6) is 0 Å². The number of aromatic amines is 1. The predicted molar refractivity (Wildman–Crippen MR) is 123 cm³/mol. The number of fused-ring (bicyclic) bond motifs is 3. The van der Waals surface area contributed by atoms with E-state index in [-0.39, 0.29) is 22.5 Å². The third-order valence-corrected chi connectivity index (χ3v) is 7.77. The van der Waals surface area contributed by atoms with Crippen LogP contribution in [0.4, 0.5) is 13.2 Å². The number of halogens is 3. The Hall–Kier alpha value is -3.40. The summed E-state index contributed by atoms with van der Waals surface area (Å²) in [4.78, 5) is 45.1. The molecule has 5 rings (SSSR count). The highest BCUT2D eigenvalue weighted by Gasteiger charge is 2.57. The van der Waals surface area contributed by atoms with E-state index in [1.807, 2.05) is 11.9 Å². The summed E-state index contributed by atoms with van der Waals surface area (Å²) in [6.45, 7) is 1.54. The van der Waals surface area contributed by atoms with Crippen molar-refractivity contribution in [1.82, 2.24) is 19.8 Å². The van der Waals surface area contributed by atoms with Crippen LogP contribution >= 0.6 is 0 Å². The molecule has 184 valence electrons. The third-order valence-electron chi connectivity index (χ3n) is 7.77. The van der Waals surface area contributed by atoms with E-state index in [1.54, 1.807) is 6.92 Å². The highest BCUT2D eigenvalue weighted by Crippen LogP contribution is 2.50. The van der Waals surface area contributed by atoms with Crippen molar-refractivity contribution in [2.45, 2.75) is 56.3 Å². The van der Waals surface area contributed by atoms with Gasteiger partial charge in [-0.15, -0.1) is 0 Å². The zero-order valence-electron chi connectivity index (χ0n) is 19.3. The predicted octanol–water partition coefficient (Wildman–Crippen LogP) is 3.15. The second-order valence-electron chi connectivity index (χ2n) is 9.54. The Balaban J connectivity index is 1.63. The van der Waals surface area contributed by atoms with Crippen molar-refractivity contribution in [3.8, 4) is 0 Å². The first-order valence-corrected chi connectivity index (χ1v) is 11.5. The lowest BCUT2D eigenvalue weighted by molar-refractivity contribution is -0.129. The van der Waals surface area contributed by atoms with Gasteiger partial charge in [0, 0.05) is 17.7 Å². The molecule has 0 saturated carbocycles. The van der Waals surface area contributed by atoms with Crippen LogP contribution < -0.4 is 16.6 Å². The maximum atomic E-state index is 14.4. The summed E-state index contributed by atoms with van der Waals surface area (Å²) in [7, 11) is 1.87. The molecule has 2 aromatic carbocycles. The van der Waals surface area contributed by atoms with Gasteiger partial charge in [0.25, 0.3) is 5.56 Å². The van der Waals surface area contributed by atoms with Gasteiger partial charge >= 0.3 is 5.69 Å². The standard InChI is InChI=1S/C25H25F3N4O3/c1-13(17-5-3-15(27)12-19(17)28)29-22(33)21(25-9-7-16(8-10-25)31(25)2)32-23(34)18-11-14(26)4-6-20(18)30-24(32)35/h3-6,11-13,16,21H,7-10H2,1-2H3,(H,29,33)(H,30,35)/t13-,16?,21+,25?/m1/s1. The summed E-state index contributed by atoms with van der Waals surface area (Å²) in [5, 5.41) is 2.68. The molecule has 2 aliphatic rings. The fourth-order valence-corrected chi connectivity index (χ4v) is 5.93. The third kappa shape index (κ3) is 3.67. The number of nitrogens with zero attached hydrogens (tertiary/aromatic N) is 2. The summed E-state index contributed by atoms with van der Waals surface area (Å²) in [5.41, 5.74) is -2.13. The summed E-state index contributed by atoms with van der Waals surface area (Å²) in [5.74, 6) is -2.85. The Morgan fingerprint density at radius 2 is 1.74 bits per heavy atom. The molecule has 2 bridgehead atoms. The number of carbonyl (C=O) groups excluding carboxylic acids is 1. The Labute approximate surface area is 198 Å². The van der Waals surface area contributed by atoms with E-state index in [4.69, 9.17) is 0 Å². The SMILES string of the molecule is C[C@@H](NC(=O)[C@H](n1c(=O)[nH]c2ccc(F)cc2c1=O)C12CCC(CC1)N2C)c1ccc(F)cc1F. The van der Waals surface area contributed by atoms with Crippen molar-refractivity contribution >= 4 is 16.8 Å². The van der Waals surface area contributed by atoms with E-state index in [0.717, 1.165) is 41.7 Å². The molecule has 2 saturated heterocycles. The van der Waals surface area contributed by atoms with Gasteiger partial charge in [0.15, 0.2) is 0 Å². The van der Waals surface area contributed by atoms with Crippen molar-refractivity contribution in [3.05, 3.63) is 80.3 Å². The minimum absolute atomic E-state index is 0.0494. The molecular weight excluding hydrogens is 461 g/mol. The second kappa shape index (κ2) is 8.37. The van der Waals surface area contributed by atoms with Crippen molar-refractivity contribution < 1.29 is 18.0 Å². The van der Waals surface area contributed by atoms with Crippen molar-refractivity contribution in [2.24, 2.45) is 0 Å². The zero-order chi connectivity index (χ0) is 25.1. The Bertz CT molecular complexity index is 1440. The molecule has 0 aliphatic carbocycles. The molecule has 3 heterocycles. The number of nitrogens with one attached hydrogen (secondary N) is 2. The topological polar surface area (TPSA) is 87.2 Å². The smallest absolute Gasteiger partial charge is 0.329 e. The molecular formula is C25H25F3N4O3. The lowest BCUT2D eigenvalue weighted by Gasteiger charge is -2.40. The second-order valence-corrected chi connectivity index (χ2v) is 9.54. The minimum Gasteiger partial charge on any atom is -0.348 e. The lowest BCUT2D eigenvalue weighted by atomic mass is 9.80. The van der Waals surface area contributed by atoms with Crippen LogP contribution in [0.2, 0.25) is 0 Å². The van der Waals surface area contributed by atoms with Crippen molar-refractivity contribution in [1.29, 1.82) is 0 Å². The van der Waals surface area contributed by atoms with E-state index in [0.29, 0.717) is 12.8 Å². The quantitative estimate of drug-likeness (QED) is 0.580. The molecule has 0 unspecified atom stereocenters. The van der Waals surface area contributed by atoms with Crippen LogP contribution in [0.15, 0.2) is 46.0 Å². The number of rotatable bonds is 5. The molecule has 35 heavy (non-hydrogen) atoms. The van der Waals surface area contributed by atoms with Gasteiger partial charge in [0.2, 0.25) is 5.91 Å². The van der Waals surface area contributed by atoms with Gasteiger partial charge in [-0.2, -0.15) is 0 Å². The molecule has 10 heteroatoms. The molecule has 3 aromatic rings. The van der Waals surface area contributed by atoms with Crippen LogP contribution in [0, 0.1) is 17.5 Å². The molecule has 2 aliphatic heterocycles. The molecule has 2 N–H and O–H groups in total. The first-order valence-electron chi connectivity index (χ1n) is 11.5. The highest BCUT2D eigenvalue weighted by atomic mass is 19.1. The van der Waals surface area contributed by atoms with Gasteiger partial charge < -0.3 is 10.3 Å². The van der Waals surface area contributed by atoms with Crippen LogP contribution in [-0.4, -0.2) is 39.0 Å². The number of likely N-dealkylation sites (N-methyl/N-ethyl adjacent to an activating group) is 1. The molecule has 0 spiro atoms. The summed E-state index contributed by atoms with van der Waals surface area (Å²) in [6.07, 6.45) is 2.77. The number of amides is 1. The molecule has 2 fully saturated rings. The zero-order valence-corrected chi connectivity index (χ0v) is 19.3. The van der Waals surface area contributed by atoms with Crippen molar-refractivity contribution in [2.75, 3.05) is 7.05 Å². The minimum atomic E-state index is -1.24. The average Bonchev–Trinajstić information content (AvgIpc) is 3.29. The van der Waals surface area contributed by atoms with Crippen LogP contribution in [0.25, 0.3) is 10.9 Å². The average molecular weight is 486 g/mol. The number of benzene rings is 2. The molecule has 1 aromatic heterocycles. The van der Waals surface area contributed by atoms with E-state index < -0.39 is 52.2 Å². The summed E-state index contributed by atoms with van der Waals surface area (Å²) in [6, 6.07) is 4.65. The van der Waals surface area contributed by atoms with Crippen LogP contribution in [0.3, 0.4) is 0 Å². The Kier molecular flexibility index (Phi) is 5.58. The first kappa shape index (κ1) is 23.3. The van der Waals surface area contributed by atoms with E-state index >= 15 is 0 Å². The van der Waals surface area contributed by atoms with E-state index in [9.17, 15) is 27.6 Å². The molecule has 1 amide bonds. The van der Waals surface area contributed by atoms with Gasteiger partial charge in [-0.25, -0.2) is 22.5 Å². The molecule has 0 radical (unpaired) electrons. The van der Waals surface area contributed by atoms with E-state index in [1.165, 1.54) is 12.1 Å². The maximum Gasteiger partial charge on any atom is 0.329 e. The number of H-pyrrole nitrogens is 1. The maximum absolute atomic E-state index is 14.4. The molecule has 7 nitrogen and oxygen atoms in total. The lowest BCUT2D eigenvalue weighted by Crippen LogP contribution is -2.57. The highest BCUT2D eigenvalue weighted by molar-refractivity contribution is 5.83. The van der Waals surface area contributed by atoms with Gasteiger partial charge in [-0.1, -0.05) is 6.07 Å². The van der Waals surface area contributed by atoms with Crippen LogP contribution in [0.1, 0.15) is 50.3 Å². The number of aromatic nitrogens is 2. The van der Waals surface area contributed by atoms with Gasteiger partial charge in [0.05, 0.1) is 22.5 Å².